The number of nitro benzene ring substituents is 1. The second kappa shape index (κ2) is 7.76. The number of furan rings is 1. The van der Waals surface area contributed by atoms with Gasteiger partial charge in [-0.05, 0) is 30.0 Å². The summed E-state index contributed by atoms with van der Waals surface area (Å²) in [6.45, 7) is 0.913. The molecule has 0 aliphatic heterocycles. The summed E-state index contributed by atoms with van der Waals surface area (Å²) in [5.74, 6) is -0.235. The lowest BCUT2D eigenvalue weighted by atomic mass is 10.1. The molecule has 2 aromatic heterocycles. The molecule has 0 aliphatic carbocycles. The third-order valence-corrected chi connectivity index (χ3v) is 4.69. The number of thiophene rings is 1. The van der Waals surface area contributed by atoms with Gasteiger partial charge in [-0.25, -0.2) is 0 Å². The zero-order valence-electron chi connectivity index (χ0n) is 13.3. The van der Waals surface area contributed by atoms with E-state index in [4.69, 9.17) is 4.42 Å². The van der Waals surface area contributed by atoms with Crippen molar-refractivity contribution in [3.8, 4) is 0 Å². The minimum Gasteiger partial charge on any atom is -0.472 e. The van der Waals surface area contributed by atoms with Crippen LogP contribution < -0.4 is 0 Å². The number of non-ortho nitro benzene ring substituents is 1. The Labute approximate surface area is 148 Å². The van der Waals surface area contributed by atoms with Crippen LogP contribution in [0.15, 0.2) is 64.8 Å². The van der Waals surface area contributed by atoms with Crippen LogP contribution >= 0.6 is 11.3 Å². The van der Waals surface area contributed by atoms with Gasteiger partial charge in [-0.2, -0.15) is 0 Å². The fourth-order valence-corrected chi connectivity index (χ4v) is 3.19. The molecule has 128 valence electrons. The van der Waals surface area contributed by atoms with Gasteiger partial charge in [-0.15, -0.1) is 11.3 Å². The highest BCUT2D eigenvalue weighted by atomic mass is 32.1. The molecule has 0 unspecified atom stereocenters. The lowest BCUT2D eigenvalue weighted by molar-refractivity contribution is -0.384. The maximum absolute atomic E-state index is 12.9. The van der Waals surface area contributed by atoms with E-state index in [1.807, 2.05) is 17.5 Å². The van der Waals surface area contributed by atoms with Gasteiger partial charge in [0.15, 0.2) is 0 Å². The lowest BCUT2D eigenvalue weighted by Crippen LogP contribution is -2.32. The van der Waals surface area contributed by atoms with Crippen LogP contribution in [0.1, 0.15) is 20.8 Å². The molecule has 7 heteroatoms. The van der Waals surface area contributed by atoms with Gasteiger partial charge >= 0.3 is 0 Å². The van der Waals surface area contributed by atoms with Crippen LogP contribution in [0, 0.1) is 10.1 Å². The van der Waals surface area contributed by atoms with Crippen molar-refractivity contribution in [1.29, 1.82) is 0 Å². The predicted octanol–water partition coefficient (Wildman–Crippen LogP) is 4.13. The topological polar surface area (TPSA) is 76.6 Å². The zero-order chi connectivity index (χ0) is 17.6. The molecule has 2 heterocycles. The van der Waals surface area contributed by atoms with Gasteiger partial charge in [0.05, 0.1) is 17.4 Å². The fourth-order valence-electron chi connectivity index (χ4n) is 2.49. The maximum atomic E-state index is 12.9. The summed E-state index contributed by atoms with van der Waals surface area (Å²) >= 11 is 1.64. The molecular weight excluding hydrogens is 340 g/mol. The molecule has 3 rings (SSSR count). The summed E-state index contributed by atoms with van der Waals surface area (Å²) in [6, 6.07) is 11.6. The van der Waals surface area contributed by atoms with E-state index in [0.717, 1.165) is 12.0 Å². The smallest absolute Gasteiger partial charge is 0.270 e. The first-order valence-corrected chi connectivity index (χ1v) is 8.58. The van der Waals surface area contributed by atoms with Crippen LogP contribution in [0.2, 0.25) is 0 Å². The summed E-state index contributed by atoms with van der Waals surface area (Å²) in [4.78, 5) is 26.2. The van der Waals surface area contributed by atoms with Gasteiger partial charge in [-0.1, -0.05) is 12.1 Å². The Morgan fingerprint density at radius 1 is 1.24 bits per heavy atom. The second-order valence-corrected chi connectivity index (χ2v) is 6.53. The van der Waals surface area contributed by atoms with Crippen molar-refractivity contribution in [2.24, 2.45) is 0 Å². The quantitative estimate of drug-likeness (QED) is 0.471. The molecule has 6 nitrogen and oxygen atoms in total. The van der Waals surface area contributed by atoms with Crippen molar-refractivity contribution in [2.45, 2.75) is 13.0 Å². The molecule has 0 atom stereocenters. The standard InChI is InChI=1S/C18H16N2O4S/c21-18(15-3-1-4-16(11-15)20(22)23)19(12-14-7-9-24-13-14)8-6-17-5-2-10-25-17/h1-5,7,9-11,13H,6,8,12H2. The van der Waals surface area contributed by atoms with E-state index in [1.165, 1.54) is 23.1 Å². The highest BCUT2D eigenvalue weighted by molar-refractivity contribution is 7.09. The van der Waals surface area contributed by atoms with Crippen molar-refractivity contribution in [1.82, 2.24) is 4.90 Å². The molecule has 0 spiro atoms. The molecule has 0 N–H and O–H groups in total. The van der Waals surface area contributed by atoms with Crippen LogP contribution in [-0.4, -0.2) is 22.3 Å². The highest BCUT2D eigenvalue weighted by Crippen LogP contribution is 2.18. The fraction of sp³-hybridized carbons (Fsp3) is 0.167. The molecule has 0 fully saturated rings. The zero-order valence-corrected chi connectivity index (χ0v) is 14.1. The minimum absolute atomic E-state index is 0.0904. The van der Waals surface area contributed by atoms with Crippen LogP contribution in [0.3, 0.4) is 0 Å². The monoisotopic (exact) mass is 356 g/mol. The summed E-state index contributed by atoms with van der Waals surface area (Å²) in [5.41, 5.74) is 1.10. The molecule has 3 aromatic rings. The summed E-state index contributed by atoms with van der Waals surface area (Å²) < 4.78 is 5.08. The first-order chi connectivity index (χ1) is 12.1. The largest absolute Gasteiger partial charge is 0.472 e. The summed E-state index contributed by atoms with van der Waals surface area (Å²) in [5, 5.41) is 13.0. The minimum atomic E-state index is -0.497. The summed E-state index contributed by atoms with van der Waals surface area (Å²) in [6.07, 6.45) is 3.89. The normalized spacial score (nSPS) is 10.6. The Bertz CT molecular complexity index is 844. The first kappa shape index (κ1) is 16.9. The van der Waals surface area contributed by atoms with Crippen molar-refractivity contribution < 1.29 is 14.1 Å². The molecule has 1 aromatic carbocycles. The van der Waals surface area contributed by atoms with Crippen LogP contribution in [-0.2, 0) is 13.0 Å². The van der Waals surface area contributed by atoms with E-state index < -0.39 is 4.92 Å². The van der Waals surface area contributed by atoms with Crippen molar-refractivity contribution in [2.75, 3.05) is 6.54 Å². The van der Waals surface area contributed by atoms with Crippen molar-refractivity contribution >= 4 is 22.9 Å². The third-order valence-electron chi connectivity index (χ3n) is 3.75. The predicted molar refractivity (Wildman–Crippen MR) is 94.6 cm³/mol. The van der Waals surface area contributed by atoms with E-state index in [2.05, 4.69) is 0 Å². The number of carbonyl (C=O) groups is 1. The van der Waals surface area contributed by atoms with Crippen molar-refractivity contribution in [3.63, 3.8) is 0 Å². The number of rotatable bonds is 7. The Morgan fingerprint density at radius 3 is 2.80 bits per heavy atom. The average Bonchev–Trinajstić information content (AvgIpc) is 3.31. The van der Waals surface area contributed by atoms with E-state index in [1.54, 1.807) is 40.9 Å². The van der Waals surface area contributed by atoms with Gasteiger partial charge in [0.25, 0.3) is 11.6 Å². The number of amides is 1. The van der Waals surface area contributed by atoms with Gasteiger partial charge < -0.3 is 9.32 Å². The molecule has 0 bridgehead atoms. The Morgan fingerprint density at radius 2 is 2.12 bits per heavy atom. The molecule has 25 heavy (non-hydrogen) atoms. The van der Waals surface area contributed by atoms with Crippen LogP contribution in [0.25, 0.3) is 0 Å². The number of hydrogen-bond acceptors (Lipinski definition) is 5. The van der Waals surface area contributed by atoms with Gasteiger partial charge in [-0.3, -0.25) is 14.9 Å². The Hall–Kier alpha value is -2.93. The Kier molecular flexibility index (Phi) is 5.25. The highest BCUT2D eigenvalue weighted by Gasteiger charge is 2.19. The third kappa shape index (κ3) is 4.33. The maximum Gasteiger partial charge on any atom is 0.270 e. The van der Waals surface area contributed by atoms with Crippen LogP contribution in [0.4, 0.5) is 5.69 Å². The number of carbonyl (C=O) groups excluding carboxylic acids is 1. The number of hydrogen-bond donors (Lipinski definition) is 0. The van der Waals surface area contributed by atoms with Gasteiger partial charge in [0.2, 0.25) is 0 Å². The molecule has 0 saturated heterocycles. The Balaban J connectivity index is 1.80. The van der Waals surface area contributed by atoms with E-state index in [-0.39, 0.29) is 11.6 Å². The molecule has 0 radical (unpaired) electrons. The first-order valence-electron chi connectivity index (χ1n) is 7.70. The van der Waals surface area contributed by atoms with Gasteiger partial charge in [0.1, 0.15) is 0 Å². The van der Waals surface area contributed by atoms with E-state index >= 15 is 0 Å². The number of benzene rings is 1. The van der Waals surface area contributed by atoms with Gasteiger partial charge in [0, 0.05) is 41.2 Å². The molecule has 0 saturated carbocycles. The average molecular weight is 356 g/mol. The SMILES string of the molecule is O=C(c1cccc([N+](=O)[O-])c1)N(CCc1cccs1)Cc1ccoc1. The number of nitro groups is 1. The van der Waals surface area contributed by atoms with E-state index in [0.29, 0.717) is 18.7 Å². The molecular formula is C18H16N2O4S. The summed E-state index contributed by atoms with van der Waals surface area (Å²) in [7, 11) is 0. The number of nitrogens with zero attached hydrogens (tertiary/aromatic N) is 2. The second-order valence-electron chi connectivity index (χ2n) is 5.50. The molecule has 1 amide bonds. The lowest BCUT2D eigenvalue weighted by Gasteiger charge is -2.22. The molecule has 0 aliphatic rings. The van der Waals surface area contributed by atoms with Crippen molar-refractivity contribution in [3.05, 3.63) is 86.5 Å². The van der Waals surface area contributed by atoms with Crippen LogP contribution in [0.5, 0.6) is 0 Å². The van der Waals surface area contributed by atoms with E-state index in [9.17, 15) is 14.9 Å².